The first-order chi connectivity index (χ1) is 9.40. The number of hydrogen-bond donors (Lipinski definition) is 1. The summed E-state index contributed by atoms with van der Waals surface area (Å²) in [6.07, 6.45) is 3.97. The third-order valence-corrected chi connectivity index (χ3v) is 3.12. The van der Waals surface area contributed by atoms with E-state index in [2.05, 4.69) is 10.3 Å². The molecule has 0 bridgehead atoms. The van der Waals surface area contributed by atoms with Gasteiger partial charge in [0.15, 0.2) is 0 Å². The maximum atomic E-state index is 11.9. The van der Waals surface area contributed by atoms with Gasteiger partial charge in [0.05, 0.1) is 5.69 Å². The number of aliphatic carboxylic acids is 1. The monoisotopic (exact) mass is 282 g/mol. The molecule has 112 valence electrons. The molecular formula is C13H22N4O3. The zero-order valence-electron chi connectivity index (χ0n) is 12.2. The molecule has 0 spiro atoms. The van der Waals surface area contributed by atoms with Crippen molar-refractivity contribution in [2.24, 2.45) is 0 Å². The molecule has 20 heavy (non-hydrogen) atoms. The van der Waals surface area contributed by atoms with Crippen molar-refractivity contribution in [1.29, 1.82) is 0 Å². The van der Waals surface area contributed by atoms with Gasteiger partial charge in [-0.15, -0.1) is 5.10 Å². The fraction of sp³-hybridized carbons (Fsp3) is 0.692. The summed E-state index contributed by atoms with van der Waals surface area (Å²) in [5, 5.41) is 16.4. The van der Waals surface area contributed by atoms with Gasteiger partial charge < -0.3 is 10.0 Å². The highest BCUT2D eigenvalue weighted by Gasteiger charge is 2.13. The first-order valence-electron chi connectivity index (χ1n) is 6.76. The van der Waals surface area contributed by atoms with Crippen LogP contribution in [-0.2, 0) is 22.6 Å². The van der Waals surface area contributed by atoms with Crippen molar-refractivity contribution in [1.82, 2.24) is 19.9 Å². The molecule has 0 aromatic carbocycles. The number of amides is 1. The maximum absolute atomic E-state index is 11.9. The molecule has 7 heteroatoms. The van der Waals surface area contributed by atoms with Crippen LogP contribution in [0.2, 0.25) is 0 Å². The van der Waals surface area contributed by atoms with Crippen LogP contribution in [0.15, 0.2) is 6.20 Å². The highest BCUT2D eigenvalue weighted by Crippen LogP contribution is 2.04. The van der Waals surface area contributed by atoms with Crippen LogP contribution in [0.25, 0.3) is 0 Å². The lowest BCUT2D eigenvalue weighted by molar-refractivity contribution is -0.137. The highest BCUT2D eigenvalue weighted by molar-refractivity contribution is 5.75. The zero-order chi connectivity index (χ0) is 15.1. The maximum Gasteiger partial charge on any atom is 0.303 e. The summed E-state index contributed by atoms with van der Waals surface area (Å²) < 4.78 is 1.52. The SMILES string of the molecule is CC(C)N(C)C(=O)Cn1cc(CCCCC(=O)O)nn1. The molecule has 0 aliphatic rings. The van der Waals surface area contributed by atoms with Crippen molar-refractivity contribution in [3.63, 3.8) is 0 Å². The molecule has 1 heterocycles. The fourth-order valence-corrected chi connectivity index (χ4v) is 1.65. The number of carboxylic acids is 1. The fourth-order valence-electron chi connectivity index (χ4n) is 1.65. The molecule has 1 aromatic heterocycles. The summed E-state index contributed by atoms with van der Waals surface area (Å²) in [6.45, 7) is 4.08. The van der Waals surface area contributed by atoms with E-state index in [1.165, 1.54) is 4.68 Å². The molecule has 7 nitrogen and oxygen atoms in total. The Balaban J connectivity index is 2.39. The largest absolute Gasteiger partial charge is 0.481 e. The minimum Gasteiger partial charge on any atom is -0.481 e. The normalized spacial score (nSPS) is 10.8. The van der Waals surface area contributed by atoms with E-state index in [4.69, 9.17) is 5.11 Å². The molecule has 0 saturated heterocycles. The second-order valence-corrected chi connectivity index (χ2v) is 5.11. The molecule has 1 N–H and O–H groups in total. The smallest absolute Gasteiger partial charge is 0.303 e. The van der Waals surface area contributed by atoms with E-state index in [1.807, 2.05) is 13.8 Å². The average Bonchev–Trinajstić information content (AvgIpc) is 2.80. The van der Waals surface area contributed by atoms with Gasteiger partial charge in [-0.1, -0.05) is 5.21 Å². The Morgan fingerprint density at radius 3 is 2.70 bits per heavy atom. The van der Waals surface area contributed by atoms with Crippen LogP contribution in [0.1, 0.15) is 38.8 Å². The molecule has 0 radical (unpaired) electrons. The van der Waals surface area contributed by atoms with Gasteiger partial charge in [-0.05, 0) is 33.1 Å². The van der Waals surface area contributed by atoms with Crippen LogP contribution >= 0.6 is 0 Å². The Morgan fingerprint density at radius 1 is 1.40 bits per heavy atom. The first kappa shape index (κ1) is 16.1. The third kappa shape index (κ3) is 5.38. The Bertz CT molecular complexity index is 456. The van der Waals surface area contributed by atoms with Gasteiger partial charge in [-0.25, -0.2) is 4.68 Å². The van der Waals surface area contributed by atoms with Crippen LogP contribution in [0.5, 0.6) is 0 Å². The number of carbonyl (C=O) groups is 2. The van der Waals surface area contributed by atoms with Gasteiger partial charge in [-0.3, -0.25) is 9.59 Å². The second-order valence-electron chi connectivity index (χ2n) is 5.11. The molecule has 0 atom stereocenters. The summed E-state index contributed by atoms with van der Waals surface area (Å²) in [4.78, 5) is 23.9. The number of nitrogens with zero attached hydrogens (tertiary/aromatic N) is 4. The second kappa shape index (κ2) is 7.62. The number of rotatable bonds is 8. The van der Waals surface area contributed by atoms with E-state index in [-0.39, 0.29) is 24.9 Å². The summed E-state index contributed by atoms with van der Waals surface area (Å²) in [5.74, 6) is -0.793. The predicted octanol–water partition coefficient (Wildman–Crippen LogP) is 0.942. The van der Waals surface area contributed by atoms with Crippen LogP contribution in [0.3, 0.4) is 0 Å². The minimum absolute atomic E-state index is 0.0117. The van der Waals surface area contributed by atoms with Gasteiger partial charge in [0.2, 0.25) is 5.91 Å². The van der Waals surface area contributed by atoms with E-state index in [9.17, 15) is 9.59 Å². The Kier molecular flexibility index (Phi) is 6.14. The molecule has 1 amide bonds. The van der Waals surface area contributed by atoms with Gasteiger partial charge in [-0.2, -0.15) is 0 Å². The van der Waals surface area contributed by atoms with Crippen molar-refractivity contribution < 1.29 is 14.7 Å². The zero-order valence-corrected chi connectivity index (χ0v) is 12.2. The molecule has 1 aromatic rings. The quantitative estimate of drug-likeness (QED) is 0.717. The van der Waals surface area contributed by atoms with Gasteiger partial charge in [0.25, 0.3) is 0 Å². The topological polar surface area (TPSA) is 88.3 Å². The van der Waals surface area contributed by atoms with E-state index >= 15 is 0 Å². The molecule has 0 unspecified atom stereocenters. The van der Waals surface area contributed by atoms with E-state index in [0.717, 1.165) is 12.1 Å². The van der Waals surface area contributed by atoms with E-state index < -0.39 is 5.97 Å². The lowest BCUT2D eigenvalue weighted by Crippen LogP contribution is -2.35. The van der Waals surface area contributed by atoms with Crippen molar-refractivity contribution in [3.05, 3.63) is 11.9 Å². The summed E-state index contributed by atoms with van der Waals surface area (Å²) in [7, 11) is 1.76. The average molecular weight is 282 g/mol. The Hall–Kier alpha value is -1.92. The van der Waals surface area contributed by atoms with Crippen LogP contribution in [0, 0.1) is 0 Å². The van der Waals surface area contributed by atoms with Crippen molar-refractivity contribution in [3.8, 4) is 0 Å². The minimum atomic E-state index is -0.782. The van der Waals surface area contributed by atoms with Crippen molar-refractivity contribution in [2.45, 2.75) is 52.1 Å². The number of aryl methyl sites for hydroxylation is 1. The number of carboxylic acid groups (broad SMARTS) is 1. The molecule has 0 fully saturated rings. The number of carbonyl (C=O) groups excluding carboxylic acids is 1. The van der Waals surface area contributed by atoms with Crippen molar-refractivity contribution >= 4 is 11.9 Å². The number of hydrogen-bond acceptors (Lipinski definition) is 4. The highest BCUT2D eigenvalue weighted by atomic mass is 16.4. The number of unbranched alkanes of at least 4 members (excludes halogenated alkanes) is 1. The van der Waals surface area contributed by atoms with Gasteiger partial charge >= 0.3 is 5.97 Å². The number of likely N-dealkylation sites (N-methyl/N-ethyl adjacent to an activating group) is 1. The lowest BCUT2D eigenvalue weighted by atomic mass is 10.1. The van der Waals surface area contributed by atoms with Crippen LogP contribution < -0.4 is 0 Å². The van der Waals surface area contributed by atoms with Crippen molar-refractivity contribution in [2.75, 3.05) is 7.05 Å². The summed E-state index contributed by atoms with van der Waals surface area (Å²) in [5.41, 5.74) is 0.787. The van der Waals surface area contributed by atoms with Crippen LogP contribution in [0.4, 0.5) is 0 Å². The lowest BCUT2D eigenvalue weighted by Gasteiger charge is -2.20. The molecule has 1 rings (SSSR count). The van der Waals surface area contributed by atoms with E-state index in [0.29, 0.717) is 12.8 Å². The first-order valence-corrected chi connectivity index (χ1v) is 6.76. The molecule has 0 aliphatic carbocycles. The number of aromatic nitrogens is 3. The van der Waals surface area contributed by atoms with Gasteiger partial charge in [0, 0.05) is 25.7 Å². The molecule has 0 saturated carbocycles. The molecule has 0 aliphatic heterocycles. The molecular weight excluding hydrogens is 260 g/mol. The Labute approximate surface area is 118 Å². The predicted molar refractivity (Wildman–Crippen MR) is 73.1 cm³/mol. The third-order valence-electron chi connectivity index (χ3n) is 3.12. The van der Waals surface area contributed by atoms with Crippen LogP contribution in [-0.4, -0.2) is 50.0 Å². The Morgan fingerprint density at radius 2 is 2.10 bits per heavy atom. The van der Waals surface area contributed by atoms with Gasteiger partial charge in [0.1, 0.15) is 6.54 Å². The standard InChI is InChI=1S/C13H22N4O3/c1-10(2)16(3)12(18)9-17-8-11(14-15-17)6-4-5-7-13(19)20/h8,10H,4-7,9H2,1-3H3,(H,19,20). The summed E-state index contributed by atoms with van der Waals surface area (Å²) in [6, 6.07) is 0.154. The summed E-state index contributed by atoms with van der Waals surface area (Å²) >= 11 is 0. The van der Waals surface area contributed by atoms with E-state index in [1.54, 1.807) is 18.1 Å².